The molecular weight excluding hydrogens is 336 g/mol. The first-order valence-corrected chi connectivity index (χ1v) is 6.83. The van der Waals surface area contributed by atoms with Crippen molar-refractivity contribution in [3.63, 3.8) is 0 Å². The van der Waals surface area contributed by atoms with E-state index in [1.54, 1.807) is 0 Å². The number of halogens is 4. The number of alkyl halides is 4. The molecule has 1 aromatic rings. The molecule has 0 saturated carbocycles. The molecule has 1 aromatic heterocycles. The summed E-state index contributed by atoms with van der Waals surface area (Å²) < 4.78 is 53.9. The van der Waals surface area contributed by atoms with Gasteiger partial charge < -0.3 is 15.2 Å². The van der Waals surface area contributed by atoms with Crippen molar-refractivity contribution < 1.29 is 37.0 Å². The van der Waals surface area contributed by atoms with E-state index in [0.717, 1.165) is 12.3 Å². The van der Waals surface area contributed by atoms with Crippen LogP contribution in [0.15, 0.2) is 18.3 Å². The molecule has 2 N–H and O–H groups in total. The van der Waals surface area contributed by atoms with Crippen molar-refractivity contribution in [3.8, 4) is 5.88 Å². The van der Waals surface area contributed by atoms with Crippen LogP contribution in [-0.2, 0) is 4.79 Å². The van der Waals surface area contributed by atoms with Crippen LogP contribution in [-0.4, -0.2) is 47.0 Å². The number of carboxylic acids is 1. The Morgan fingerprint density at radius 2 is 1.96 bits per heavy atom. The zero-order chi connectivity index (χ0) is 18.5. The third-order valence-electron chi connectivity index (χ3n) is 3.23. The number of rotatable bonds is 8. The van der Waals surface area contributed by atoms with Gasteiger partial charge in [-0.15, -0.1) is 0 Å². The summed E-state index contributed by atoms with van der Waals surface area (Å²) >= 11 is 0. The fraction of sp³-hybridized carbons (Fsp3) is 0.500. The molecule has 0 aromatic carbocycles. The number of hydrogen-bond acceptors (Lipinski definition) is 4. The monoisotopic (exact) mass is 352 g/mol. The average Bonchev–Trinajstić information content (AvgIpc) is 2.52. The molecule has 0 aliphatic rings. The average molecular weight is 352 g/mol. The summed E-state index contributed by atoms with van der Waals surface area (Å²) in [6.45, 7) is 1.38. The molecule has 10 heteroatoms. The molecular formula is C14H16F4N2O4. The summed E-state index contributed by atoms with van der Waals surface area (Å²) in [5.74, 6) is -7.17. The first-order valence-electron chi connectivity index (χ1n) is 6.83. The van der Waals surface area contributed by atoms with Crippen molar-refractivity contribution in [3.05, 3.63) is 23.9 Å². The molecule has 2 atom stereocenters. The highest BCUT2D eigenvalue weighted by atomic mass is 19.3. The lowest BCUT2D eigenvalue weighted by atomic mass is 10.0. The second-order valence-corrected chi connectivity index (χ2v) is 5.12. The van der Waals surface area contributed by atoms with Crippen molar-refractivity contribution in [2.45, 2.75) is 32.2 Å². The van der Waals surface area contributed by atoms with E-state index in [1.165, 1.54) is 19.9 Å². The zero-order valence-electron chi connectivity index (χ0n) is 12.8. The number of nitrogens with zero attached hydrogens (tertiary/aromatic N) is 1. The maximum atomic E-state index is 12.7. The van der Waals surface area contributed by atoms with E-state index in [-0.39, 0.29) is 11.4 Å². The molecule has 1 rings (SSSR count). The van der Waals surface area contributed by atoms with Gasteiger partial charge in [0, 0.05) is 18.3 Å². The largest absolute Gasteiger partial charge is 0.481 e. The van der Waals surface area contributed by atoms with Gasteiger partial charge in [-0.1, -0.05) is 0 Å². The minimum absolute atomic E-state index is 0.0346. The SMILES string of the molecule is CC(NC(=O)c1ccc(OCC(F)(F)C(F)F)nc1)C(C)C(=O)O. The smallest absolute Gasteiger partial charge is 0.340 e. The van der Waals surface area contributed by atoms with E-state index >= 15 is 0 Å². The minimum atomic E-state index is -4.31. The number of pyridine rings is 1. The second kappa shape index (κ2) is 7.93. The Balaban J connectivity index is 2.64. The highest BCUT2D eigenvalue weighted by molar-refractivity contribution is 5.94. The predicted molar refractivity (Wildman–Crippen MR) is 74.4 cm³/mol. The number of ether oxygens (including phenoxy) is 1. The minimum Gasteiger partial charge on any atom is -0.481 e. The van der Waals surface area contributed by atoms with Crippen LogP contribution < -0.4 is 10.1 Å². The van der Waals surface area contributed by atoms with Gasteiger partial charge in [0.1, 0.15) is 0 Å². The van der Waals surface area contributed by atoms with Gasteiger partial charge >= 0.3 is 18.3 Å². The van der Waals surface area contributed by atoms with Gasteiger partial charge in [-0.2, -0.15) is 8.78 Å². The molecule has 0 bridgehead atoms. The zero-order valence-corrected chi connectivity index (χ0v) is 12.8. The lowest BCUT2D eigenvalue weighted by molar-refractivity contribution is -0.148. The number of carboxylic acid groups (broad SMARTS) is 1. The molecule has 134 valence electrons. The highest BCUT2D eigenvalue weighted by Gasteiger charge is 2.41. The summed E-state index contributed by atoms with van der Waals surface area (Å²) in [6, 6.07) is 1.61. The third-order valence-corrected chi connectivity index (χ3v) is 3.23. The summed E-state index contributed by atoms with van der Waals surface area (Å²) in [7, 11) is 0. The quantitative estimate of drug-likeness (QED) is 0.700. The molecule has 0 fully saturated rings. The van der Waals surface area contributed by atoms with Gasteiger partial charge in [-0.25, -0.2) is 13.8 Å². The Morgan fingerprint density at radius 3 is 2.42 bits per heavy atom. The molecule has 0 saturated heterocycles. The van der Waals surface area contributed by atoms with Crippen LogP contribution in [0.2, 0.25) is 0 Å². The number of carbonyl (C=O) groups is 2. The third kappa shape index (κ3) is 5.36. The maximum Gasteiger partial charge on any atom is 0.340 e. The maximum absolute atomic E-state index is 12.7. The van der Waals surface area contributed by atoms with Gasteiger partial charge in [-0.3, -0.25) is 9.59 Å². The molecule has 2 unspecified atom stereocenters. The molecule has 0 aliphatic heterocycles. The molecule has 6 nitrogen and oxygen atoms in total. The first kappa shape index (κ1) is 19.7. The predicted octanol–water partition coefficient (Wildman–Crippen LogP) is 2.20. The second-order valence-electron chi connectivity index (χ2n) is 5.12. The Bertz CT molecular complexity index is 581. The number of amides is 1. The molecule has 24 heavy (non-hydrogen) atoms. The number of nitrogens with one attached hydrogen (secondary N) is 1. The van der Waals surface area contributed by atoms with E-state index in [4.69, 9.17) is 5.11 Å². The van der Waals surface area contributed by atoms with E-state index in [9.17, 15) is 27.2 Å². The van der Waals surface area contributed by atoms with Crippen LogP contribution in [0.25, 0.3) is 0 Å². The number of hydrogen-bond donors (Lipinski definition) is 2. The number of carbonyl (C=O) groups excluding carboxylic acids is 1. The molecule has 0 spiro atoms. The lowest BCUT2D eigenvalue weighted by Crippen LogP contribution is -2.40. The Hall–Kier alpha value is -2.39. The fourth-order valence-corrected chi connectivity index (χ4v) is 1.46. The van der Waals surface area contributed by atoms with Crippen LogP contribution in [0, 0.1) is 5.92 Å². The van der Waals surface area contributed by atoms with E-state index in [1.807, 2.05) is 0 Å². The Labute approximate surface area is 134 Å². The van der Waals surface area contributed by atoms with Gasteiger partial charge in [0.2, 0.25) is 5.88 Å². The van der Waals surface area contributed by atoms with Crippen LogP contribution in [0.5, 0.6) is 5.88 Å². The van der Waals surface area contributed by atoms with E-state index in [2.05, 4.69) is 15.0 Å². The van der Waals surface area contributed by atoms with Crippen LogP contribution >= 0.6 is 0 Å². The van der Waals surface area contributed by atoms with Crippen molar-refractivity contribution in [2.75, 3.05) is 6.61 Å². The molecule has 1 amide bonds. The standard InChI is InChI=1S/C14H16F4N2O4/c1-7(12(22)23)8(2)20-11(21)9-3-4-10(19-5-9)24-6-14(17,18)13(15)16/h3-5,7-8,13H,6H2,1-2H3,(H,20,21)(H,22,23). The Morgan fingerprint density at radius 1 is 1.33 bits per heavy atom. The van der Waals surface area contributed by atoms with Crippen LogP contribution in [0.3, 0.4) is 0 Å². The normalized spacial score (nSPS) is 14.1. The lowest BCUT2D eigenvalue weighted by Gasteiger charge is -2.18. The van der Waals surface area contributed by atoms with E-state index in [0.29, 0.717) is 0 Å². The van der Waals surface area contributed by atoms with Gasteiger partial charge in [-0.05, 0) is 19.9 Å². The topological polar surface area (TPSA) is 88.5 Å². The summed E-state index contributed by atoms with van der Waals surface area (Å²) in [5.41, 5.74) is 0.0346. The van der Waals surface area contributed by atoms with Crippen molar-refractivity contribution in [2.24, 2.45) is 5.92 Å². The fourth-order valence-electron chi connectivity index (χ4n) is 1.46. The molecule has 0 radical (unpaired) electrons. The Kier molecular flexibility index (Phi) is 6.50. The van der Waals surface area contributed by atoms with Crippen molar-refractivity contribution in [1.29, 1.82) is 0 Å². The van der Waals surface area contributed by atoms with Crippen molar-refractivity contribution in [1.82, 2.24) is 10.3 Å². The van der Waals surface area contributed by atoms with Crippen LogP contribution in [0.1, 0.15) is 24.2 Å². The van der Waals surface area contributed by atoms with Gasteiger partial charge in [0.25, 0.3) is 5.91 Å². The van der Waals surface area contributed by atoms with Gasteiger partial charge in [0.05, 0.1) is 11.5 Å². The summed E-state index contributed by atoms with van der Waals surface area (Å²) in [5, 5.41) is 11.3. The van der Waals surface area contributed by atoms with E-state index < -0.39 is 42.8 Å². The summed E-state index contributed by atoms with van der Waals surface area (Å²) in [4.78, 5) is 26.3. The molecule has 0 aliphatic carbocycles. The first-order chi connectivity index (χ1) is 11.0. The molecule has 1 heterocycles. The van der Waals surface area contributed by atoms with Crippen molar-refractivity contribution >= 4 is 11.9 Å². The van der Waals surface area contributed by atoms with Gasteiger partial charge in [0.15, 0.2) is 6.61 Å². The number of aromatic nitrogens is 1. The van der Waals surface area contributed by atoms with Crippen LogP contribution in [0.4, 0.5) is 17.6 Å². The summed E-state index contributed by atoms with van der Waals surface area (Å²) in [6.07, 6.45) is -2.86. The highest BCUT2D eigenvalue weighted by Crippen LogP contribution is 2.23. The number of aliphatic carboxylic acids is 1.